The lowest BCUT2D eigenvalue weighted by atomic mass is 10.2. The Balaban J connectivity index is 1.67. The van der Waals surface area contributed by atoms with Gasteiger partial charge in [-0.05, 0) is 49.4 Å². The molecule has 0 bridgehead atoms. The summed E-state index contributed by atoms with van der Waals surface area (Å²) in [6.07, 6.45) is 3.37. The zero-order valence-corrected chi connectivity index (χ0v) is 16.8. The number of hydrogen-bond acceptors (Lipinski definition) is 4. The third-order valence-corrected chi connectivity index (χ3v) is 4.95. The van der Waals surface area contributed by atoms with Crippen LogP contribution >= 0.6 is 23.2 Å². The Morgan fingerprint density at radius 1 is 1.07 bits per heavy atom. The highest BCUT2D eigenvalue weighted by atomic mass is 35.5. The number of para-hydroxylation sites is 1. The molecule has 0 spiro atoms. The number of benzene rings is 2. The van der Waals surface area contributed by atoms with Crippen LogP contribution in [-0.2, 0) is 0 Å². The fourth-order valence-corrected chi connectivity index (χ4v) is 3.52. The lowest BCUT2D eigenvalue weighted by Crippen LogP contribution is -2.14. The highest BCUT2D eigenvalue weighted by Gasteiger charge is 2.18. The smallest absolute Gasteiger partial charge is 0.271 e. The fraction of sp³-hybridized carbons (Fsp3) is 0.0500. The molecule has 0 atom stereocenters. The number of rotatable bonds is 5. The number of anilines is 2. The molecular formula is C20H16Cl2N6O. The van der Waals surface area contributed by atoms with Crippen LogP contribution in [0.25, 0.3) is 11.4 Å². The van der Waals surface area contributed by atoms with Crippen molar-refractivity contribution in [1.29, 1.82) is 0 Å². The molecule has 1 amide bonds. The third-order valence-electron chi connectivity index (χ3n) is 4.34. The molecule has 2 aromatic carbocycles. The predicted octanol–water partition coefficient (Wildman–Crippen LogP) is 4.52. The lowest BCUT2D eigenvalue weighted by Gasteiger charge is -2.08. The summed E-state index contributed by atoms with van der Waals surface area (Å²) in [5.41, 5.74) is 9.20. The van der Waals surface area contributed by atoms with Crippen LogP contribution in [0.15, 0.2) is 60.9 Å². The summed E-state index contributed by atoms with van der Waals surface area (Å²) in [5.74, 6) is -0.668. The molecule has 29 heavy (non-hydrogen) atoms. The van der Waals surface area contributed by atoms with Crippen molar-refractivity contribution in [3.8, 4) is 11.4 Å². The number of nitrogens with zero attached hydrogens (tertiary/aromatic N) is 4. The lowest BCUT2D eigenvalue weighted by molar-refractivity contribution is 0.0996. The molecule has 0 fully saturated rings. The Bertz CT molecular complexity index is 1180. The van der Waals surface area contributed by atoms with Crippen molar-refractivity contribution >= 4 is 40.5 Å². The van der Waals surface area contributed by atoms with E-state index < -0.39 is 5.91 Å². The summed E-state index contributed by atoms with van der Waals surface area (Å²) >= 11 is 12.5. The topological polar surface area (TPSA) is 90.8 Å². The maximum atomic E-state index is 11.9. The van der Waals surface area contributed by atoms with Gasteiger partial charge in [0.2, 0.25) is 0 Å². The summed E-state index contributed by atoms with van der Waals surface area (Å²) in [5, 5.41) is 12.5. The van der Waals surface area contributed by atoms with Crippen molar-refractivity contribution in [2.24, 2.45) is 5.73 Å². The quantitative estimate of drug-likeness (QED) is 0.490. The van der Waals surface area contributed by atoms with Gasteiger partial charge in [0.05, 0.1) is 27.6 Å². The number of aryl methyl sites for hydroxylation is 1. The number of hydrogen-bond donors (Lipinski definition) is 2. The molecule has 0 radical (unpaired) electrons. The van der Waals surface area contributed by atoms with Gasteiger partial charge in [-0.1, -0.05) is 29.3 Å². The van der Waals surface area contributed by atoms with Crippen LogP contribution in [0.4, 0.5) is 11.4 Å². The van der Waals surface area contributed by atoms with Crippen LogP contribution in [0.1, 0.15) is 16.2 Å². The number of nitrogens with two attached hydrogens (primary N) is 1. The monoisotopic (exact) mass is 426 g/mol. The van der Waals surface area contributed by atoms with E-state index in [-0.39, 0.29) is 5.69 Å². The van der Waals surface area contributed by atoms with Crippen LogP contribution in [0.3, 0.4) is 0 Å². The second-order valence-corrected chi connectivity index (χ2v) is 7.14. The number of primary amides is 1. The SMILES string of the molecule is Cc1ccnn1-c1ccc(Nc2cn(-c3c(Cl)cccc3Cl)nc2C(N)=O)cc1. The van der Waals surface area contributed by atoms with Crippen molar-refractivity contribution in [3.05, 3.63) is 82.4 Å². The van der Waals surface area contributed by atoms with E-state index in [4.69, 9.17) is 28.9 Å². The van der Waals surface area contributed by atoms with Crippen LogP contribution < -0.4 is 11.1 Å². The zero-order valence-electron chi connectivity index (χ0n) is 15.3. The van der Waals surface area contributed by atoms with Crippen LogP contribution in [0.5, 0.6) is 0 Å². The average Bonchev–Trinajstić information content (AvgIpc) is 3.29. The maximum Gasteiger partial charge on any atom is 0.271 e. The molecule has 2 aromatic heterocycles. The highest BCUT2D eigenvalue weighted by Crippen LogP contribution is 2.30. The first kappa shape index (κ1) is 19.0. The van der Waals surface area contributed by atoms with Crippen LogP contribution in [0, 0.1) is 6.92 Å². The number of aromatic nitrogens is 4. The van der Waals surface area contributed by atoms with Gasteiger partial charge >= 0.3 is 0 Å². The first-order valence-electron chi connectivity index (χ1n) is 8.66. The molecule has 0 aliphatic heterocycles. The number of halogens is 2. The number of carbonyl (C=O) groups is 1. The minimum absolute atomic E-state index is 0.0768. The molecule has 0 aliphatic carbocycles. The van der Waals surface area contributed by atoms with Crippen molar-refractivity contribution in [2.45, 2.75) is 6.92 Å². The highest BCUT2D eigenvalue weighted by molar-refractivity contribution is 6.37. The van der Waals surface area contributed by atoms with Gasteiger partial charge in [0, 0.05) is 17.6 Å². The second kappa shape index (κ2) is 7.62. The predicted molar refractivity (Wildman–Crippen MR) is 114 cm³/mol. The Hall–Kier alpha value is -3.29. The summed E-state index contributed by atoms with van der Waals surface area (Å²) in [7, 11) is 0. The number of carbonyl (C=O) groups excluding carboxylic acids is 1. The molecule has 4 rings (SSSR count). The Morgan fingerprint density at radius 2 is 1.76 bits per heavy atom. The average molecular weight is 427 g/mol. The van der Waals surface area contributed by atoms with Gasteiger partial charge in [-0.25, -0.2) is 9.36 Å². The summed E-state index contributed by atoms with van der Waals surface area (Å²) < 4.78 is 3.27. The molecule has 9 heteroatoms. The van der Waals surface area contributed by atoms with E-state index in [1.807, 2.05) is 41.9 Å². The molecule has 2 heterocycles. The maximum absolute atomic E-state index is 11.9. The zero-order chi connectivity index (χ0) is 20.5. The normalized spacial score (nSPS) is 10.9. The number of amides is 1. The van der Waals surface area contributed by atoms with E-state index in [1.54, 1.807) is 30.6 Å². The molecule has 4 aromatic rings. The molecule has 0 saturated heterocycles. The molecule has 146 valence electrons. The Labute approximate surface area is 176 Å². The van der Waals surface area contributed by atoms with Gasteiger partial charge in [-0.15, -0.1) is 0 Å². The van der Waals surface area contributed by atoms with Gasteiger partial charge in [0.1, 0.15) is 5.69 Å². The minimum atomic E-state index is -0.668. The Morgan fingerprint density at radius 3 is 2.34 bits per heavy atom. The number of nitrogens with one attached hydrogen (secondary N) is 1. The summed E-state index contributed by atoms with van der Waals surface area (Å²) in [4.78, 5) is 11.9. The summed E-state index contributed by atoms with van der Waals surface area (Å²) in [6, 6.07) is 14.6. The third kappa shape index (κ3) is 3.70. The van der Waals surface area contributed by atoms with Crippen molar-refractivity contribution in [1.82, 2.24) is 19.6 Å². The van der Waals surface area contributed by atoms with E-state index in [2.05, 4.69) is 15.5 Å². The van der Waals surface area contributed by atoms with Gasteiger partial charge in [0.25, 0.3) is 5.91 Å². The standard InChI is InChI=1S/C20H16Cl2N6O/c1-12-9-10-24-28(12)14-7-5-13(6-8-14)25-17-11-27(26-18(17)20(23)29)19-15(21)3-2-4-16(19)22/h2-11,25H,1H3,(H2,23,29). The summed E-state index contributed by atoms with van der Waals surface area (Å²) in [6.45, 7) is 1.98. The molecular weight excluding hydrogens is 411 g/mol. The van der Waals surface area contributed by atoms with E-state index >= 15 is 0 Å². The van der Waals surface area contributed by atoms with Crippen LogP contribution in [-0.4, -0.2) is 25.5 Å². The molecule has 3 N–H and O–H groups in total. The van der Waals surface area contributed by atoms with Crippen LogP contribution in [0.2, 0.25) is 10.0 Å². The van der Waals surface area contributed by atoms with E-state index in [0.29, 0.717) is 21.4 Å². The van der Waals surface area contributed by atoms with E-state index in [0.717, 1.165) is 17.1 Å². The van der Waals surface area contributed by atoms with Crippen molar-refractivity contribution < 1.29 is 4.79 Å². The largest absolute Gasteiger partial charge is 0.364 e. The van der Waals surface area contributed by atoms with Gasteiger partial charge < -0.3 is 11.1 Å². The van der Waals surface area contributed by atoms with Crippen molar-refractivity contribution in [2.75, 3.05) is 5.32 Å². The van der Waals surface area contributed by atoms with Gasteiger partial charge in [-0.3, -0.25) is 4.79 Å². The fourth-order valence-electron chi connectivity index (χ4n) is 2.95. The first-order valence-corrected chi connectivity index (χ1v) is 9.41. The minimum Gasteiger partial charge on any atom is -0.364 e. The molecule has 7 nitrogen and oxygen atoms in total. The van der Waals surface area contributed by atoms with E-state index in [1.165, 1.54) is 4.68 Å². The second-order valence-electron chi connectivity index (χ2n) is 6.33. The molecule has 0 aliphatic rings. The van der Waals surface area contributed by atoms with Gasteiger partial charge in [-0.2, -0.15) is 10.2 Å². The molecule has 0 saturated carbocycles. The Kier molecular flexibility index (Phi) is 5.00. The molecule has 0 unspecified atom stereocenters. The van der Waals surface area contributed by atoms with Gasteiger partial charge in [0.15, 0.2) is 5.69 Å². The first-order chi connectivity index (χ1) is 13.9. The van der Waals surface area contributed by atoms with Crippen molar-refractivity contribution in [3.63, 3.8) is 0 Å². The van der Waals surface area contributed by atoms with E-state index in [9.17, 15) is 4.79 Å².